The topological polar surface area (TPSA) is 58.3 Å². The lowest BCUT2D eigenvalue weighted by Gasteiger charge is -2.08. The van der Waals surface area contributed by atoms with Crippen LogP contribution in [0.25, 0.3) is 5.76 Å². The molecule has 3 nitrogen and oxygen atoms in total. The second-order valence-corrected chi connectivity index (χ2v) is 2.37. The first-order valence-electron chi connectivity index (χ1n) is 3.67. The Balaban J connectivity index is 3.00. The van der Waals surface area contributed by atoms with Gasteiger partial charge in [-0.15, -0.1) is 0 Å². The molecule has 1 rings (SSSR count). The molecule has 1 aromatic carbocycles. The molecule has 0 amide bonds. The fourth-order valence-corrected chi connectivity index (χ4v) is 0.999. The molecule has 3 heteroatoms. The zero-order chi connectivity index (χ0) is 8.97. The molecular formula is C9H12N2O. The van der Waals surface area contributed by atoms with Crippen molar-refractivity contribution in [2.75, 3.05) is 12.0 Å². The van der Waals surface area contributed by atoms with Gasteiger partial charge in [-0.25, -0.2) is 0 Å². The summed E-state index contributed by atoms with van der Waals surface area (Å²) in [4.78, 5) is 0. The summed E-state index contributed by atoms with van der Waals surface area (Å²) in [7, 11) is 0. The van der Waals surface area contributed by atoms with E-state index in [0.29, 0.717) is 12.2 Å². The number of anilines is 1. The van der Waals surface area contributed by atoms with Gasteiger partial charge in [0.05, 0.1) is 6.67 Å². The van der Waals surface area contributed by atoms with E-state index in [1.807, 2.05) is 18.2 Å². The standard InChI is InChI=1S/C9H12N2O/c1-7(12)8-4-2-3-5-9(8)11-6-10/h2-5,11-12H,1,6,10H2. The minimum absolute atomic E-state index is 0.0477. The summed E-state index contributed by atoms with van der Waals surface area (Å²) in [5.74, 6) is 0.0477. The Kier molecular flexibility index (Phi) is 2.71. The molecule has 0 saturated carbocycles. The van der Waals surface area contributed by atoms with E-state index in [4.69, 9.17) is 10.8 Å². The highest BCUT2D eigenvalue weighted by Gasteiger charge is 2.01. The number of para-hydroxylation sites is 1. The van der Waals surface area contributed by atoms with Gasteiger partial charge in [0.2, 0.25) is 0 Å². The van der Waals surface area contributed by atoms with Crippen molar-refractivity contribution in [2.45, 2.75) is 0 Å². The smallest absolute Gasteiger partial charge is 0.117 e. The maximum Gasteiger partial charge on any atom is 0.117 e. The zero-order valence-electron chi connectivity index (χ0n) is 6.75. The van der Waals surface area contributed by atoms with E-state index in [0.717, 1.165) is 5.69 Å². The minimum Gasteiger partial charge on any atom is -0.508 e. The summed E-state index contributed by atoms with van der Waals surface area (Å²) in [5, 5.41) is 12.1. The van der Waals surface area contributed by atoms with Gasteiger partial charge in [-0.2, -0.15) is 0 Å². The summed E-state index contributed by atoms with van der Waals surface area (Å²) in [6.07, 6.45) is 0. The van der Waals surface area contributed by atoms with E-state index in [2.05, 4.69) is 11.9 Å². The second kappa shape index (κ2) is 3.78. The van der Waals surface area contributed by atoms with Gasteiger partial charge in [0.1, 0.15) is 5.76 Å². The third-order valence-electron chi connectivity index (χ3n) is 1.53. The Morgan fingerprint density at radius 2 is 2.17 bits per heavy atom. The maximum atomic E-state index is 9.16. The Morgan fingerprint density at radius 3 is 2.75 bits per heavy atom. The molecule has 0 aliphatic rings. The number of aliphatic hydroxyl groups excluding tert-OH is 1. The molecular weight excluding hydrogens is 152 g/mol. The van der Waals surface area contributed by atoms with E-state index in [1.165, 1.54) is 0 Å². The van der Waals surface area contributed by atoms with Crippen LogP contribution >= 0.6 is 0 Å². The monoisotopic (exact) mass is 164 g/mol. The van der Waals surface area contributed by atoms with Gasteiger partial charge >= 0.3 is 0 Å². The van der Waals surface area contributed by atoms with Crippen LogP contribution in [0.15, 0.2) is 30.8 Å². The predicted octanol–water partition coefficient (Wildman–Crippen LogP) is 1.54. The van der Waals surface area contributed by atoms with Crippen molar-refractivity contribution in [1.29, 1.82) is 0 Å². The molecule has 64 valence electrons. The van der Waals surface area contributed by atoms with E-state index in [1.54, 1.807) is 6.07 Å². The fraction of sp³-hybridized carbons (Fsp3) is 0.111. The molecule has 0 atom stereocenters. The Hall–Kier alpha value is -1.48. The number of aliphatic hydroxyl groups is 1. The first kappa shape index (κ1) is 8.62. The van der Waals surface area contributed by atoms with Crippen LogP contribution in [0.2, 0.25) is 0 Å². The van der Waals surface area contributed by atoms with Crippen LogP contribution in [0, 0.1) is 0 Å². The summed E-state index contributed by atoms with van der Waals surface area (Å²) < 4.78 is 0. The van der Waals surface area contributed by atoms with Crippen LogP contribution < -0.4 is 11.1 Å². The van der Waals surface area contributed by atoms with Crippen LogP contribution in [-0.2, 0) is 0 Å². The van der Waals surface area contributed by atoms with E-state index >= 15 is 0 Å². The van der Waals surface area contributed by atoms with Crippen LogP contribution in [0.5, 0.6) is 0 Å². The highest BCUT2D eigenvalue weighted by molar-refractivity contribution is 5.70. The maximum absolute atomic E-state index is 9.16. The van der Waals surface area contributed by atoms with E-state index in [9.17, 15) is 0 Å². The molecule has 0 unspecified atom stereocenters. The molecule has 0 aromatic heterocycles. The first-order chi connectivity index (χ1) is 5.75. The zero-order valence-corrected chi connectivity index (χ0v) is 6.75. The largest absolute Gasteiger partial charge is 0.508 e. The summed E-state index contributed by atoms with van der Waals surface area (Å²) in [6.45, 7) is 3.78. The third kappa shape index (κ3) is 1.77. The summed E-state index contributed by atoms with van der Waals surface area (Å²) in [6, 6.07) is 7.31. The van der Waals surface area contributed by atoms with Crippen molar-refractivity contribution >= 4 is 11.4 Å². The van der Waals surface area contributed by atoms with Crippen LogP contribution in [0.4, 0.5) is 5.69 Å². The average molecular weight is 164 g/mol. The third-order valence-corrected chi connectivity index (χ3v) is 1.53. The van der Waals surface area contributed by atoms with Crippen molar-refractivity contribution in [1.82, 2.24) is 0 Å². The Labute approximate surface area is 71.5 Å². The number of rotatable bonds is 3. The van der Waals surface area contributed by atoms with Crippen molar-refractivity contribution in [3.05, 3.63) is 36.4 Å². The predicted molar refractivity (Wildman–Crippen MR) is 50.8 cm³/mol. The molecule has 0 radical (unpaired) electrons. The first-order valence-corrected chi connectivity index (χ1v) is 3.67. The van der Waals surface area contributed by atoms with Crippen molar-refractivity contribution in [2.24, 2.45) is 5.73 Å². The molecule has 0 heterocycles. The average Bonchev–Trinajstić information content (AvgIpc) is 2.05. The van der Waals surface area contributed by atoms with E-state index < -0.39 is 0 Å². The van der Waals surface area contributed by atoms with Crippen LogP contribution in [0.3, 0.4) is 0 Å². The lowest BCUT2D eigenvalue weighted by atomic mass is 10.1. The minimum atomic E-state index is 0.0477. The summed E-state index contributed by atoms with van der Waals surface area (Å²) in [5.41, 5.74) is 6.79. The second-order valence-electron chi connectivity index (χ2n) is 2.37. The number of hydrogen-bond acceptors (Lipinski definition) is 3. The molecule has 12 heavy (non-hydrogen) atoms. The molecule has 0 saturated heterocycles. The molecule has 4 N–H and O–H groups in total. The fourth-order valence-electron chi connectivity index (χ4n) is 0.999. The van der Waals surface area contributed by atoms with Crippen molar-refractivity contribution in [3.63, 3.8) is 0 Å². The molecule has 1 aromatic rings. The molecule has 0 spiro atoms. The van der Waals surface area contributed by atoms with E-state index in [-0.39, 0.29) is 5.76 Å². The van der Waals surface area contributed by atoms with Gasteiger partial charge in [0.25, 0.3) is 0 Å². The van der Waals surface area contributed by atoms with Gasteiger partial charge in [-0.1, -0.05) is 18.7 Å². The Bertz CT molecular complexity index is 284. The van der Waals surface area contributed by atoms with Crippen molar-refractivity contribution < 1.29 is 5.11 Å². The van der Waals surface area contributed by atoms with Crippen LogP contribution in [-0.4, -0.2) is 11.8 Å². The number of nitrogens with one attached hydrogen (secondary N) is 1. The molecule has 0 aliphatic carbocycles. The molecule has 0 bridgehead atoms. The number of benzene rings is 1. The highest BCUT2D eigenvalue weighted by Crippen LogP contribution is 2.19. The van der Waals surface area contributed by atoms with Crippen molar-refractivity contribution in [3.8, 4) is 0 Å². The van der Waals surface area contributed by atoms with Gasteiger partial charge in [-0.3, -0.25) is 0 Å². The lowest BCUT2D eigenvalue weighted by Crippen LogP contribution is -2.11. The SMILES string of the molecule is C=C(O)c1ccccc1NCN. The van der Waals surface area contributed by atoms with Gasteiger partial charge < -0.3 is 16.2 Å². The number of nitrogens with two attached hydrogens (primary N) is 1. The van der Waals surface area contributed by atoms with Gasteiger partial charge in [-0.05, 0) is 12.1 Å². The molecule has 0 fully saturated rings. The summed E-state index contributed by atoms with van der Waals surface area (Å²) >= 11 is 0. The highest BCUT2D eigenvalue weighted by atomic mass is 16.3. The van der Waals surface area contributed by atoms with Gasteiger partial charge in [0, 0.05) is 11.3 Å². The lowest BCUT2D eigenvalue weighted by molar-refractivity contribution is 0.514. The normalized spacial score (nSPS) is 9.42. The number of hydrogen-bond donors (Lipinski definition) is 3. The Morgan fingerprint density at radius 1 is 1.50 bits per heavy atom. The quantitative estimate of drug-likeness (QED) is 0.469. The molecule has 0 aliphatic heterocycles. The van der Waals surface area contributed by atoms with Crippen LogP contribution in [0.1, 0.15) is 5.56 Å². The van der Waals surface area contributed by atoms with Gasteiger partial charge in [0.15, 0.2) is 0 Å².